The van der Waals surface area contributed by atoms with E-state index in [9.17, 15) is 19.8 Å². The number of ether oxygens (including phenoxy) is 2. The SMILES string of the molecule is CCCNC(=O)C(CC1=CC=C(OC)C(C)(Cl)C1)NC(O)/C=C/CC(OC(O)C(CC(C)C)NC(=O)CC)C(C)CC(Cl)C1C=CC=CC1. The molecule has 9 atom stereocenters. The van der Waals surface area contributed by atoms with E-state index in [-0.39, 0.29) is 34.9 Å². The summed E-state index contributed by atoms with van der Waals surface area (Å²) in [5, 5.41) is 31.0. The van der Waals surface area contributed by atoms with Crippen LogP contribution in [0.15, 0.2) is 59.9 Å². The van der Waals surface area contributed by atoms with Crippen LogP contribution in [-0.4, -0.2) is 76.6 Å². The lowest BCUT2D eigenvalue weighted by Crippen LogP contribution is -2.48. The highest BCUT2D eigenvalue weighted by Gasteiger charge is 2.33. The zero-order valence-corrected chi connectivity index (χ0v) is 32.0. The molecular formula is C38H61Cl2N3O6. The Hall–Kier alpha value is -2.14. The maximum absolute atomic E-state index is 13.1. The largest absolute Gasteiger partial charge is 0.499 e. The van der Waals surface area contributed by atoms with Crippen molar-refractivity contribution in [2.75, 3.05) is 13.7 Å². The number of carbonyl (C=O) groups excluding carboxylic acids is 2. The zero-order chi connectivity index (χ0) is 36.6. The average Bonchev–Trinajstić information content (AvgIpc) is 3.05. The monoisotopic (exact) mass is 725 g/mol. The summed E-state index contributed by atoms with van der Waals surface area (Å²) < 4.78 is 11.7. The minimum absolute atomic E-state index is 0.0616. The first-order valence-electron chi connectivity index (χ1n) is 17.8. The Balaban J connectivity index is 2.21. The Morgan fingerprint density at radius 1 is 1.14 bits per heavy atom. The third-order valence-corrected chi connectivity index (χ3v) is 9.74. The van der Waals surface area contributed by atoms with Gasteiger partial charge in [-0.2, -0.15) is 0 Å². The van der Waals surface area contributed by atoms with Gasteiger partial charge in [-0.3, -0.25) is 14.9 Å². The van der Waals surface area contributed by atoms with Crippen molar-refractivity contribution in [2.24, 2.45) is 17.8 Å². The number of rotatable bonds is 22. The van der Waals surface area contributed by atoms with Gasteiger partial charge in [0.05, 0.1) is 25.3 Å². The van der Waals surface area contributed by atoms with E-state index < -0.39 is 35.6 Å². The minimum atomic E-state index is -1.23. The molecule has 2 aliphatic carbocycles. The second-order valence-electron chi connectivity index (χ2n) is 13.9. The lowest BCUT2D eigenvalue weighted by molar-refractivity contribution is -0.169. The van der Waals surface area contributed by atoms with Crippen LogP contribution in [0.25, 0.3) is 0 Å². The van der Waals surface area contributed by atoms with Crippen LogP contribution in [0.5, 0.6) is 0 Å². The summed E-state index contributed by atoms with van der Waals surface area (Å²) in [6.45, 7) is 12.3. The molecule has 0 heterocycles. The van der Waals surface area contributed by atoms with Gasteiger partial charge in [-0.05, 0) is 81.8 Å². The molecule has 9 unspecified atom stereocenters. The smallest absolute Gasteiger partial charge is 0.237 e. The van der Waals surface area contributed by atoms with Gasteiger partial charge < -0.3 is 30.3 Å². The first-order valence-corrected chi connectivity index (χ1v) is 18.6. The lowest BCUT2D eigenvalue weighted by Gasteiger charge is -2.33. The molecule has 5 N–H and O–H groups in total. The lowest BCUT2D eigenvalue weighted by atomic mass is 9.88. The molecule has 0 aliphatic heterocycles. The molecule has 2 rings (SSSR count). The van der Waals surface area contributed by atoms with Gasteiger partial charge in [-0.1, -0.05) is 76.6 Å². The summed E-state index contributed by atoms with van der Waals surface area (Å²) in [5.41, 5.74) is 0.958. The number of amides is 2. The zero-order valence-electron chi connectivity index (χ0n) is 30.5. The maximum atomic E-state index is 13.1. The van der Waals surface area contributed by atoms with E-state index in [1.54, 1.807) is 26.2 Å². The maximum Gasteiger partial charge on any atom is 0.237 e. The third kappa shape index (κ3) is 15.3. The second-order valence-corrected chi connectivity index (χ2v) is 15.3. The first-order chi connectivity index (χ1) is 23.2. The molecule has 0 aromatic heterocycles. The number of hydrogen-bond donors (Lipinski definition) is 5. The van der Waals surface area contributed by atoms with E-state index in [0.717, 1.165) is 18.4 Å². The van der Waals surface area contributed by atoms with Crippen LogP contribution in [0, 0.1) is 17.8 Å². The Labute approximate surface area is 304 Å². The van der Waals surface area contributed by atoms with Crippen LogP contribution in [0.4, 0.5) is 0 Å². The standard InChI is InChI=1S/C38H61Cl2N3O6/c1-8-20-41-36(46)30(23-27-18-19-33(48-7)38(6,40)24-27)42-35(45)17-13-16-32(26(5)22-29(39)28-14-11-10-12-15-28)49-37(47)31(21-25(3)4)43-34(44)9-2/h10-14,17-19,25-26,28-32,35,37,42,45,47H,8-9,15-16,20-24H2,1-7H3,(H,41,46)(H,43,44)/b17-13+. The van der Waals surface area contributed by atoms with Gasteiger partial charge in [0.25, 0.3) is 0 Å². The van der Waals surface area contributed by atoms with Crippen molar-refractivity contribution in [1.82, 2.24) is 16.0 Å². The Kier molecular flexibility index (Phi) is 19.3. The molecule has 0 aromatic carbocycles. The Bertz CT molecular complexity index is 1180. The molecule has 2 amide bonds. The van der Waals surface area contributed by atoms with Crippen molar-refractivity contribution in [3.8, 4) is 0 Å². The van der Waals surface area contributed by atoms with Crippen LogP contribution in [0.2, 0.25) is 0 Å². The summed E-state index contributed by atoms with van der Waals surface area (Å²) in [4.78, 5) is 24.7. The Morgan fingerprint density at radius 2 is 1.88 bits per heavy atom. The van der Waals surface area contributed by atoms with Crippen LogP contribution in [0.1, 0.15) is 92.9 Å². The van der Waals surface area contributed by atoms with E-state index >= 15 is 0 Å². The predicted octanol–water partition coefficient (Wildman–Crippen LogP) is 6.39. The van der Waals surface area contributed by atoms with Crippen LogP contribution < -0.4 is 16.0 Å². The normalized spacial score (nSPS) is 23.6. The van der Waals surface area contributed by atoms with Crippen molar-refractivity contribution >= 4 is 35.0 Å². The predicted molar refractivity (Wildman–Crippen MR) is 199 cm³/mol. The fourth-order valence-electron chi connectivity index (χ4n) is 6.13. The first kappa shape index (κ1) is 43.0. The molecule has 9 nitrogen and oxygen atoms in total. The fraction of sp³-hybridized carbons (Fsp3) is 0.684. The van der Waals surface area contributed by atoms with Gasteiger partial charge in [0.1, 0.15) is 16.9 Å². The number of allylic oxidation sites excluding steroid dienone is 7. The van der Waals surface area contributed by atoms with Crippen molar-refractivity contribution in [1.29, 1.82) is 0 Å². The highest BCUT2D eigenvalue weighted by Crippen LogP contribution is 2.37. The number of aliphatic hydroxyl groups excluding tert-OH is 2. The number of carbonyl (C=O) groups is 2. The van der Waals surface area contributed by atoms with Crippen LogP contribution in [-0.2, 0) is 19.1 Å². The molecule has 0 bridgehead atoms. The quantitative estimate of drug-likeness (QED) is 0.0497. The van der Waals surface area contributed by atoms with Gasteiger partial charge in [0.15, 0.2) is 6.29 Å². The second kappa shape index (κ2) is 21.9. The number of methoxy groups -OCH3 is 1. The number of nitrogens with one attached hydrogen (secondary N) is 3. The molecule has 2 aliphatic rings. The van der Waals surface area contributed by atoms with Crippen LogP contribution in [0.3, 0.4) is 0 Å². The minimum Gasteiger partial charge on any atom is -0.499 e. The molecule has 0 aromatic rings. The van der Waals surface area contributed by atoms with Crippen molar-refractivity contribution in [3.05, 3.63) is 59.9 Å². The van der Waals surface area contributed by atoms with Gasteiger partial charge >= 0.3 is 0 Å². The van der Waals surface area contributed by atoms with Crippen LogP contribution >= 0.6 is 23.2 Å². The molecule has 11 heteroatoms. The van der Waals surface area contributed by atoms with E-state index in [2.05, 4.69) is 28.1 Å². The van der Waals surface area contributed by atoms with Gasteiger partial charge in [0.2, 0.25) is 11.8 Å². The topological polar surface area (TPSA) is 129 Å². The van der Waals surface area contributed by atoms with E-state index in [1.165, 1.54) is 0 Å². The molecule has 49 heavy (non-hydrogen) atoms. The molecule has 0 saturated carbocycles. The summed E-state index contributed by atoms with van der Waals surface area (Å²) in [5.74, 6) is 0.649. The molecule has 0 fully saturated rings. The number of halogens is 2. The van der Waals surface area contributed by atoms with E-state index in [1.807, 2.05) is 58.9 Å². The highest BCUT2D eigenvalue weighted by atomic mass is 35.5. The number of alkyl halides is 2. The third-order valence-electron chi connectivity index (χ3n) is 8.92. The number of hydrogen-bond acceptors (Lipinski definition) is 7. The van der Waals surface area contributed by atoms with Gasteiger partial charge in [-0.15, -0.1) is 23.2 Å². The summed E-state index contributed by atoms with van der Waals surface area (Å²) >= 11 is 13.6. The van der Waals surface area contributed by atoms with Crippen molar-refractivity contribution in [2.45, 2.75) is 134 Å². The van der Waals surface area contributed by atoms with Crippen molar-refractivity contribution in [3.63, 3.8) is 0 Å². The highest BCUT2D eigenvalue weighted by molar-refractivity contribution is 6.25. The summed E-state index contributed by atoms with van der Waals surface area (Å²) in [7, 11) is 1.58. The van der Waals surface area contributed by atoms with Gasteiger partial charge in [-0.25, -0.2) is 0 Å². The summed E-state index contributed by atoms with van der Waals surface area (Å²) in [6.07, 6.45) is 16.9. The Morgan fingerprint density at radius 3 is 2.47 bits per heavy atom. The molecule has 0 spiro atoms. The molecule has 0 saturated heterocycles. The summed E-state index contributed by atoms with van der Waals surface area (Å²) in [6, 6.07) is -1.28. The van der Waals surface area contributed by atoms with Crippen molar-refractivity contribution < 1.29 is 29.3 Å². The molecule has 0 radical (unpaired) electrons. The number of aliphatic hydroxyl groups is 2. The van der Waals surface area contributed by atoms with E-state index in [0.29, 0.717) is 50.8 Å². The van der Waals surface area contributed by atoms with E-state index in [4.69, 9.17) is 32.7 Å². The molecular weight excluding hydrogens is 665 g/mol. The van der Waals surface area contributed by atoms with Gasteiger partial charge in [0, 0.05) is 18.3 Å². The average molecular weight is 727 g/mol. The fourth-order valence-corrected chi connectivity index (χ4v) is 6.91. The molecule has 278 valence electrons.